The number of fused-ring (bicyclic) bond motifs is 1. The molecule has 0 radical (unpaired) electrons. The fourth-order valence-corrected chi connectivity index (χ4v) is 2.21. The molecule has 0 saturated heterocycles. The van der Waals surface area contributed by atoms with Crippen LogP contribution in [-0.4, -0.2) is 28.7 Å². The normalized spacial score (nSPS) is 17.8. The van der Waals surface area contributed by atoms with E-state index in [-0.39, 0.29) is 11.5 Å². The smallest absolute Gasteiger partial charge is 0.335 e. The fraction of sp³-hybridized carbons (Fsp3) is 0.133. The van der Waals surface area contributed by atoms with Crippen LogP contribution in [0.2, 0.25) is 0 Å². The predicted octanol–water partition coefficient (Wildman–Crippen LogP) is 2.50. The van der Waals surface area contributed by atoms with Crippen molar-refractivity contribution < 1.29 is 14.7 Å². The van der Waals surface area contributed by atoms with Crippen molar-refractivity contribution >= 4 is 34.0 Å². The molecular weight excluding hydrogens is 284 g/mol. The third kappa shape index (κ3) is 2.44. The molecule has 1 amide bonds. The van der Waals surface area contributed by atoms with Gasteiger partial charge in [0, 0.05) is 5.39 Å². The maximum atomic E-state index is 11.6. The van der Waals surface area contributed by atoms with Crippen LogP contribution in [0.5, 0.6) is 0 Å². The highest BCUT2D eigenvalue weighted by Gasteiger charge is 2.26. The Morgan fingerprint density at radius 1 is 1.32 bits per heavy atom. The largest absolute Gasteiger partial charge is 0.478 e. The molecular formula is C15H12N4O3. The molecule has 2 N–H and O–H groups in total. The lowest BCUT2D eigenvalue weighted by atomic mass is 10.1. The van der Waals surface area contributed by atoms with Gasteiger partial charge >= 0.3 is 5.97 Å². The third-order valence-corrected chi connectivity index (χ3v) is 3.35. The van der Waals surface area contributed by atoms with Crippen molar-refractivity contribution in [3.63, 3.8) is 0 Å². The number of hydrazone groups is 1. The maximum absolute atomic E-state index is 11.6. The SMILES string of the molecule is CC1=NNC(=O)C1N=Nc1cc(C(=O)O)cc2ccccc12. The number of nitrogens with zero attached hydrogens (tertiary/aromatic N) is 3. The number of rotatable bonds is 3. The van der Waals surface area contributed by atoms with Gasteiger partial charge in [-0.3, -0.25) is 4.79 Å². The van der Waals surface area contributed by atoms with Crippen molar-refractivity contribution in [1.82, 2.24) is 5.43 Å². The monoisotopic (exact) mass is 296 g/mol. The Hall–Kier alpha value is -3.09. The summed E-state index contributed by atoms with van der Waals surface area (Å²) < 4.78 is 0. The van der Waals surface area contributed by atoms with Gasteiger partial charge in [0.15, 0.2) is 6.04 Å². The fourth-order valence-electron chi connectivity index (χ4n) is 2.21. The quantitative estimate of drug-likeness (QED) is 0.850. The molecule has 1 aliphatic heterocycles. The average molecular weight is 296 g/mol. The van der Waals surface area contributed by atoms with Gasteiger partial charge in [-0.25, -0.2) is 10.2 Å². The van der Waals surface area contributed by atoms with Crippen molar-refractivity contribution in [3.05, 3.63) is 42.0 Å². The molecule has 7 nitrogen and oxygen atoms in total. The second-order valence-corrected chi connectivity index (χ2v) is 4.87. The van der Waals surface area contributed by atoms with E-state index in [0.717, 1.165) is 10.8 Å². The number of amides is 1. The Labute approximate surface area is 125 Å². The number of carboxylic acid groups (broad SMARTS) is 1. The molecule has 0 spiro atoms. The zero-order valence-electron chi connectivity index (χ0n) is 11.6. The summed E-state index contributed by atoms with van der Waals surface area (Å²) in [4.78, 5) is 22.8. The average Bonchev–Trinajstić information content (AvgIpc) is 2.83. The number of nitrogens with one attached hydrogen (secondary N) is 1. The molecule has 1 atom stereocenters. The molecule has 0 aromatic heterocycles. The number of carbonyl (C=O) groups excluding carboxylic acids is 1. The van der Waals surface area contributed by atoms with Crippen LogP contribution in [0.1, 0.15) is 17.3 Å². The number of hydrogen-bond donors (Lipinski definition) is 2. The number of azo groups is 1. The molecule has 1 heterocycles. The summed E-state index contributed by atoms with van der Waals surface area (Å²) in [6.45, 7) is 1.67. The third-order valence-electron chi connectivity index (χ3n) is 3.35. The highest BCUT2D eigenvalue weighted by molar-refractivity contribution is 6.10. The van der Waals surface area contributed by atoms with Crippen LogP contribution in [0.3, 0.4) is 0 Å². The standard InChI is InChI=1S/C15H12N4O3/c1-8-13(14(20)19-16-8)18-17-12-7-10(15(21)22)6-9-4-2-3-5-11(9)12/h2-7,13H,1H3,(H,19,20)(H,21,22). The molecule has 2 aromatic rings. The molecule has 1 unspecified atom stereocenters. The molecule has 0 bridgehead atoms. The Morgan fingerprint density at radius 2 is 2.09 bits per heavy atom. The van der Waals surface area contributed by atoms with Crippen LogP contribution >= 0.6 is 0 Å². The van der Waals surface area contributed by atoms with Crippen LogP contribution in [0.4, 0.5) is 5.69 Å². The first-order valence-corrected chi connectivity index (χ1v) is 6.57. The molecule has 0 fully saturated rings. The van der Waals surface area contributed by atoms with Gasteiger partial charge < -0.3 is 5.11 Å². The summed E-state index contributed by atoms with van der Waals surface area (Å²) in [5.41, 5.74) is 3.37. The van der Waals surface area contributed by atoms with Crippen molar-refractivity contribution in [3.8, 4) is 0 Å². The van der Waals surface area contributed by atoms with E-state index < -0.39 is 12.0 Å². The highest BCUT2D eigenvalue weighted by Crippen LogP contribution is 2.28. The van der Waals surface area contributed by atoms with E-state index in [4.69, 9.17) is 0 Å². The lowest BCUT2D eigenvalue weighted by molar-refractivity contribution is -0.120. The second kappa shape index (κ2) is 5.36. The lowest BCUT2D eigenvalue weighted by Gasteiger charge is -2.05. The Balaban J connectivity index is 2.07. The van der Waals surface area contributed by atoms with Crippen LogP contribution in [0.25, 0.3) is 10.8 Å². The Kier molecular flexibility index (Phi) is 3.38. The van der Waals surface area contributed by atoms with Gasteiger partial charge in [0.05, 0.1) is 17.0 Å². The van der Waals surface area contributed by atoms with Gasteiger partial charge in [-0.15, -0.1) is 0 Å². The van der Waals surface area contributed by atoms with Gasteiger partial charge in [0.25, 0.3) is 5.91 Å². The van der Waals surface area contributed by atoms with Gasteiger partial charge in [-0.2, -0.15) is 15.3 Å². The van der Waals surface area contributed by atoms with Gasteiger partial charge in [0.2, 0.25) is 0 Å². The highest BCUT2D eigenvalue weighted by atomic mass is 16.4. The topological polar surface area (TPSA) is 103 Å². The van der Waals surface area contributed by atoms with Crippen molar-refractivity contribution in [2.75, 3.05) is 0 Å². The predicted molar refractivity (Wildman–Crippen MR) is 80.5 cm³/mol. The minimum atomic E-state index is -1.04. The Bertz CT molecular complexity index is 842. The number of carboxylic acids is 1. The van der Waals surface area contributed by atoms with Gasteiger partial charge in [0.1, 0.15) is 0 Å². The number of carbonyl (C=O) groups is 2. The van der Waals surface area contributed by atoms with Crippen LogP contribution in [0.15, 0.2) is 51.7 Å². The molecule has 22 heavy (non-hydrogen) atoms. The summed E-state index contributed by atoms with van der Waals surface area (Å²) in [6, 6.07) is 9.51. The first kappa shape index (κ1) is 13.9. The summed E-state index contributed by atoms with van der Waals surface area (Å²) >= 11 is 0. The molecule has 2 aromatic carbocycles. The molecule has 0 saturated carbocycles. The van der Waals surface area contributed by atoms with E-state index >= 15 is 0 Å². The molecule has 7 heteroatoms. The van der Waals surface area contributed by atoms with Crippen molar-refractivity contribution in [2.24, 2.45) is 15.3 Å². The minimum Gasteiger partial charge on any atom is -0.478 e. The van der Waals surface area contributed by atoms with Gasteiger partial charge in [-0.1, -0.05) is 24.3 Å². The Morgan fingerprint density at radius 3 is 2.77 bits per heavy atom. The van der Waals surface area contributed by atoms with E-state index in [2.05, 4.69) is 20.8 Å². The zero-order valence-corrected chi connectivity index (χ0v) is 11.6. The first-order valence-electron chi connectivity index (χ1n) is 6.57. The van der Waals surface area contributed by atoms with Crippen LogP contribution in [-0.2, 0) is 4.79 Å². The van der Waals surface area contributed by atoms with Gasteiger partial charge in [-0.05, 0) is 24.4 Å². The maximum Gasteiger partial charge on any atom is 0.335 e. The summed E-state index contributed by atoms with van der Waals surface area (Å²) in [5.74, 6) is -1.39. The van der Waals surface area contributed by atoms with Crippen LogP contribution in [0, 0.1) is 0 Å². The zero-order chi connectivity index (χ0) is 15.7. The molecule has 0 aliphatic carbocycles. The molecule has 1 aliphatic rings. The van der Waals surface area contributed by atoms with E-state index in [0.29, 0.717) is 11.4 Å². The van der Waals surface area contributed by atoms with E-state index in [1.807, 2.05) is 18.2 Å². The summed E-state index contributed by atoms with van der Waals surface area (Å²) in [6.07, 6.45) is 0. The van der Waals surface area contributed by atoms with Crippen LogP contribution < -0.4 is 5.43 Å². The number of benzene rings is 2. The number of aromatic carboxylic acids is 1. The minimum absolute atomic E-state index is 0.119. The first-order chi connectivity index (χ1) is 10.6. The molecule has 110 valence electrons. The number of hydrogen-bond acceptors (Lipinski definition) is 5. The lowest BCUT2D eigenvalue weighted by Crippen LogP contribution is -2.25. The summed E-state index contributed by atoms with van der Waals surface area (Å²) in [5, 5.41) is 22.6. The van der Waals surface area contributed by atoms with E-state index in [1.54, 1.807) is 19.1 Å². The molecule has 3 rings (SSSR count). The van der Waals surface area contributed by atoms with E-state index in [9.17, 15) is 14.7 Å². The van der Waals surface area contributed by atoms with Crippen molar-refractivity contribution in [2.45, 2.75) is 13.0 Å². The van der Waals surface area contributed by atoms with Crippen molar-refractivity contribution in [1.29, 1.82) is 0 Å². The second-order valence-electron chi connectivity index (χ2n) is 4.87. The van der Waals surface area contributed by atoms with E-state index in [1.165, 1.54) is 6.07 Å². The summed E-state index contributed by atoms with van der Waals surface area (Å²) in [7, 11) is 0.